The van der Waals surface area contributed by atoms with Crippen LogP contribution in [-0.4, -0.2) is 40.1 Å². The van der Waals surface area contributed by atoms with Crippen molar-refractivity contribution in [3.63, 3.8) is 0 Å². The van der Waals surface area contributed by atoms with E-state index in [1.807, 2.05) is 29.2 Å². The van der Waals surface area contributed by atoms with E-state index in [1.54, 1.807) is 12.1 Å². The van der Waals surface area contributed by atoms with E-state index in [-0.39, 0.29) is 22.5 Å². The molecular weight excluding hydrogens is 414 g/mol. The summed E-state index contributed by atoms with van der Waals surface area (Å²) in [6.45, 7) is 8.22. The molecule has 0 bridgehead atoms. The topological polar surface area (TPSA) is 77.8 Å². The van der Waals surface area contributed by atoms with Crippen LogP contribution in [0.3, 0.4) is 0 Å². The lowest BCUT2D eigenvalue weighted by atomic mass is 9.46. The molecule has 4 atom stereocenters. The zero-order chi connectivity index (χ0) is 23.8. The number of fused-ring (bicyclic) bond motifs is 1. The second-order valence-corrected chi connectivity index (χ2v) is 10.9. The van der Waals surface area contributed by atoms with E-state index in [0.29, 0.717) is 30.5 Å². The van der Waals surface area contributed by atoms with E-state index in [2.05, 4.69) is 20.8 Å². The zero-order valence-corrected chi connectivity index (χ0v) is 20.1. The number of phenols is 1. The average Bonchev–Trinajstić information content (AvgIpc) is 3.14. The number of phenolic OH excluding ortho intramolecular Hbond substituents is 1. The van der Waals surface area contributed by atoms with Crippen molar-refractivity contribution in [2.75, 3.05) is 13.1 Å². The highest BCUT2D eigenvalue weighted by Gasteiger charge is 2.55. The fourth-order valence-electron chi connectivity index (χ4n) is 6.77. The third-order valence-corrected chi connectivity index (χ3v) is 9.06. The van der Waals surface area contributed by atoms with Crippen molar-refractivity contribution in [2.45, 2.75) is 65.7 Å². The number of carbonyl (C=O) groups is 2. The number of rotatable bonds is 7. The Morgan fingerprint density at radius 3 is 2.58 bits per heavy atom. The molecule has 1 fully saturated rings. The molecule has 1 heterocycles. The minimum Gasteiger partial charge on any atom is -0.508 e. The van der Waals surface area contributed by atoms with E-state index in [0.717, 1.165) is 50.5 Å². The minimum atomic E-state index is -0.757. The normalized spacial score (nSPS) is 31.7. The van der Waals surface area contributed by atoms with Gasteiger partial charge in [-0.3, -0.25) is 4.79 Å². The van der Waals surface area contributed by atoms with Gasteiger partial charge in [0.2, 0.25) is 5.91 Å². The van der Waals surface area contributed by atoms with Crippen molar-refractivity contribution in [2.24, 2.45) is 22.7 Å². The van der Waals surface area contributed by atoms with Crippen LogP contribution in [0.5, 0.6) is 5.75 Å². The fourth-order valence-corrected chi connectivity index (χ4v) is 6.77. The Morgan fingerprint density at radius 2 is 1.88 bits per heavy atom. The lowest BCUT2D eigenvalue weighted by molar-refractivity contribution is -0.137. The third kappa shape index (κ3) is 4.47. The number of carboxylic acid groups (broad SMARTS) is 1. The maximum atomic E-state index is 12.6. The number of carboxylic acids is 1. The summed E-state index contributed by atoms with van der Waals surface area (Å²) in [6.07, 6.45) is 10.3. The number of hydrogen-bond acceptors (Lipinski definition) is 3. The first-order valence-electron chi connectivity index (χ1n) is 12.3. The predicted octanol–water partition coefficient (Wildman–Crippen LogP) is 5.35. The third-order valence-electron chi connectivity index (χ3n) is 9.06. The van der Waals surface area contributed by atoms with Crippen molar-refractivity contribution in [1.29, 1.82) is 0 Å². The Bertz CT molecular complexity index is 978. The van der Waals surface area contributed by atoms with Gasteiger partial charge >= 0.3 is 5.97 Å². The van der Waals surface area contributed by atoms with Gasteiger partial charge < -0.3 is 15.1 Å². The summed E-state index contributed by atoms with van der Waals surface area (Å²) in [4.78, 5) is 26.5. The molecular formula is C28H37NO4. The van der Waals surface area contributed by atoms with E-state index in [4.69, 9.17) is 0 Å². The molecule has 0 radical (unpaired) electrons. The van der Waals surface area contributed by atoms with Crippen LogP contribution < -0.4 is 0 Å². The Labute approximate surface area is 197 Å². The van der Waals surface area contributed by atoms with Gasteiger partial charge in [0.1, 0.15) is 5.75 Å². The van der Waals surface area contributed by atoms with Gasteiger partial charge in [-0.05, 0) is 85.5 Å². The van der Waals surface area contributed by atoms with Crippen molar-refractivity contribution in [3.8, 4) is 5.75 Å². The zero-order valence-electron chi connectivity index (χ0n) is 20.1. The number of benzene rings is 1. The molecule has 5 nitrogen and oxygen atoms in total. The van der Waals surface area contributed by atoms with Crippen LogP contribution in [0.1, 0.15) is 64.9 Å². The highest BCUT2D eigenvalue weighted by molar-refractivity contribution is 5.91. The lowest BCUT2D eigenvalue weighted by Gasteiger charge is -2.57. The van der Waals surface area contributed by atoms with Crippen LogP contribution in [0.25, 0.3) is 0 Å². The molecule has 33 heavy (non-hydrogen) atoms. The molecule has 0 saturated heterocycles. The van der Waals surface area contributed by atoms with Crippen LogP contribution in [-0.2, 0) is 16.0 Å². The van der Waals surface area contributed by atoms with E-state index >= 15 is 0 Å². The largest absolute Gasteiger partial charge is 0.508 e. The minimum absolute atomic E-state index is 0.0608. The molecule has 3 aliphatic rings. The number of nitrogens with zero attached hydrogens (tertiary/aromatic N) is 1. The van der Waals surface area contributed by atoms with Crippen molar-refractivity contribution < 1.29 is 19.8 Å². The average molecular weight is 452 g/mol. The quantitative estimate of drug-likeness (QED) is 0.586. The first kappa shape index (κ1) is 23.6. The molecule has 5 heteroatoms. The summed E-state index contributed by atoms with van der Waals surface area (Å²) < 4.78 is 0. The van der Waals surface area contributed by atoms with Crippen molar-refractivity contribution in [1.82, 2.24) is 4.90 Å². The molecule has 0 aromatic heterocycles. The molecule has 0 spiro atoms. The first-order valence-corrected chi connectivity index (χ1v) is 12.3. The number of aliphatic carboxylic acids is 1. The second kappa shape index (κ2) is 9.00. The van der Waals surface area contributed by atoms with Gasteiger partial charge in [-0.25, -0.2) is 4.79 Å². The number of amides is 1. The Hall–Kier alpha value is -2.56. The maximum absolute atomic E-state index is 12.6. The lowest BCUT2D eigenvalue weighted by Crippen LogP contribution is -2.51. The maximum Gasteiger partial charge on any atom is 0.331 e. The molecule has 2 aliphatic carbocycles. The molecule has 1 aromatic rings. The number of aromatic hydroxyl groups is 1. The SMILES string of the molecule is C[C@H]1CC[C@]2(C)C(C(=O)O)=CCC[C@H]2[C@]1(C)CCC1=CC(=O)N(CCc2ccc(O)cc2)C1. The molecule has 1 saturated carbocycles. The van der Waals surface area contributed by atoms with Crippen LogP contribution >= 0.6 is 0 Å². The van der Waals surface area contributed by atoms with Gasteiger partial charge in [-0.15, -0.1) is 0 Å². The number of hydrogen-bond donors (Lipinski definition) is 2. The molecule has 0 unspecified atom stereocenters. The van der Waals surface area contributed by atoms with Gasteiger partial charge in [0.25, 0.3) is 0 Å². The summed E-state index contributed by atoms with van der Waals surface area (Å²) in [6, 6.07) is 7.16. The highest BCUT2D eigenvalue weighted by atomic mass is 16.4. The highest BCUT2D eigenvalue weighted by Crippen LogP contribution is 2.62. The summed E-state index contributed by atoms with van der Waals surface area (Å²) >= 11 is 0. The second-order valence-electron chi connectivity index (χ2n) is 10.9. The number of allylic oxidation sites excluding steroid dienone is 1. The molecule has 4 rings (SSSR count). The van der Waals surface area contributed by atoms with Crippen LogP contribution in [0.15, 0.2) is 47.6 Å². The van der Waals surface area contributed by atoms with Crippen molar-refractivity contribution in [3.05, 3.63) is 53.1 Å². The van der Waals surface area contributed by atoms with Gasteiger partial charge in [0, 0.05) is 30.2 Å². The summed E-state index contributed by atoms with van der Waals surface area (Å²) in [5.74, 6) is 0.474. The summed E-state index contributed by atoms with van der Waals surface area (Å²) in [5.41, 5.74) is 2.72. The molecule has 1 aliphatic heterocycles. The summed E-state index contributed by atoms with van der Waals surface area (Å²) in [5, 5.41) is 19.3. The van der Waals surface area contributed by atoms with Crippen LogP contribution in [0, 0.1) is 22.7 Å². The summed E-state index contributed by atoms with van der Waals surface area (Å²) in [7, 11) is 0. The van der Waals surface area contributed by atoms with E-state index < -0.39 is 5.97 Å². The van der Waals surface area contributed by atoms with E-state index in [9.17, 15) is 19.8 Å². The van der Waals surface area contributed by atoms with E-state index in [1.165, 1.54) is 5.57 Å². The van der Waals surface area contributed by atoms with Gasteiger partial charge in [0.15, 0.2) is 0 Å². The predicted molar refractivity (Wildman–Crippen MR) is 129 cm³/mol. The van der Waals surface area contributed by atoms with Gasteiger partial charge in [-0.2, -0.15) is 0 Å². The Balaban J connectivity index is 1.40. The molecule has 178 valence electrons. The smallest absolute Gasteiger partial charge is 0.331 e. The van der Waals surface area contributed by atoms with Crippen LogP contribution in [0.2, 0.25) is 0 Å². The van der Waals surface area contributed by atoms with Gasteiger partial charge in [-0.1, -0.05) is 39.0 Å². The van der Waals surface area contributed by atoms with Crippen LogP contribution in [0.4, 0.5) is 0 Å². The molecule has 1 amide bonds. The number of carbonyl (C=O) groups excluding carboxylic acids is 1. The first-order chi connectivity index (χ1) is 15.6. The Kier molecular flexibility index (Phi) is 6.43. The fraction of sp³-hybridized carbons (Fsp3) is 0.571. The van der Waals surface area contributed by atoms with Crippen molar-refractivity contribution >= 4 is 11.9 Å². The monoisotopic (exact) mass is 451 g/mol. The van der Waals surface area contributed by atoms with Gasteiger partial charge in [0.05, 0.1) is 0 Å². The Morgan fingerprint density at radius 1 is 1.15 bits per heavy atom. The molecule has 2 N–H and O–H groups in total. The molecule has 1 aromatic carbocycles. The standard InChI is InChI=1S/C28H37NO4/c1-19-11-14-28(3)23(26(32)33)5-4-6-24(28)27(19,2)15-12-21-17-25(31)29(18-21)16-13-20-7-9-22(30)10-8-20/h5,7-10,17,19,24,30H,4,6,11-16,18H2,1-3H3,(H,32,33)/t19-,24-,27+,28+/m0/s1.